The Morgan fingerprint density at radius 3 is 2.73 bits per heavy atom. The number of aryl methyl sites for hydroxylation is 1. The van der Waals surface area contributed by atoms with Gasteiger partial charge in [-0.2, -0.15) is 9.61 Å². The second-order valence-electron chi connectivity index (χ2n) is 5.49. The van der Waals surface area contributed by atoms with Crippen LogP contribution in [0.3, 0.4) is 0 Å². The first kappa shape index (κ1) is 14.7. The minimum absolute atomic E-state index is 0.0326. The standard InChI is InChI=1S/C16H18N4OS/c1-11(2)19(9-13-7-5-4-6-8-13)15(21)14-12(3)18-16-20(14)17-10-22-16/h4-8,10-11H,9H2,1-3H3. The highest BCUT2D eigenvalue weighted by molar-refractivity contribution is 7.14. The topological polar surface area (TPSA) is 50.5 Å². The van der Waals surface area contributed by atoms with Gasteiger partial charge in [-0.3, -0.25) is 4.79 Å². The van der Waals surface area contributed by atoms with E-state index in [0.717, 1.165) is 16.2 Å². The Morgan fingerprint density at radius 1 is 1.32 bits per heavy atom. The van der Waals surface area contributed by atoms with E-state index in [9.17, 15) is 4.79 Å². The summed E-state index contributed by atoms with van der Waals surface area (Å²) in [6.45, 7) is 6.48. The first-order chi connectivity index (χ1) is 10.6. The van der Waals surface area contributed by atoms with Crippen molar-refractivity contribution in [2.75, 3.05) is 0 Å². The Kier molecular flexibility index (Phi) is 3.94. The van der Waals surface area contributed by atoms with Gasteiger partial charge in [-0.25, -0.2) is 4.98 Å². The molecule has 0 radical (unpaired) electrons. The first-order valence-electron chi connectivity index (χ1n) is 7.21. The van der Waals surface area contributed by atoms with Crippen molar-refractivity contribution in [1.29, 1.82) is 0 Å². The zero-order chi connectivity index (χ0) is 15.7. The van der Waals surface area contributed by atoms with Crippen molar-refractivity contribution in [3.63, 3.8) is 0 Å². The van der Waals surface area contributed by atoms with Crippen LogP contribution in [0, 0.1) is 6.92 Å². The molecule has 3 rings (SSSR count). The fourth-order valence-corrected chi connectivity index (χ4v) is 3.11. The molecule has 114 valence electrons. The maximum absolute atomic E-state index is 13.0. The molecule has 0 aliphatic carbocycles. The summed E-state index contributed by atoms with van der Waals surface area (Å²) in [5.74, 6) is -0.0326. The molecule has 3 aromatic rings. The quantitative estimate of drug-likeness (QED) is 0.743. The van der Waals surface area contributed by atoms with E-state index in [1.807, 2.05) is 56.0 Å². The van der Waals surface area contributed by atoms with Gasteiger partial charge in [-0.15, -0.1) is 0 Å². The Hall–Kier alpha value is -2.21. The number of benzene rings is 1. The Morgan fingerprint density at radius 2 is 2.05 bits per heavy atom. The van der Waals surface area contributed by atoms with E-state index in [1.165, 1.54) is 11.3 Å². The van der Waals surface area contributed by atoms with Crippen LogP contribution in [-0.2, 0) is 6.54 Å². The van der Waals surface area contributed by atoms with Crippen molar-refractivity contribution in [3.05, 3.63) is 52.8 Å². The summed E-state index contributed by atoms with van der Waals surface area (Å²) in [5, 5.41) is 4.23. The average molecular weight is 314 g/mol. The molecule has 0 atom stereocenters. The van der Waals surface area contributed by atoms with Gasteiger partial charge in [0.2, 0.25) is 4.96 Å². The van der Waals surface area contributed by atoms with Gasteiger partial charge >= 0.3 is 0 Å². The number of rotatable bonds is 4. The van der Waals surface area contributed by atoms with Crippen LogP contribution >= 0.6 is 11.3 Å². The molecule has 0 unspecified atom stereocenters. The van der Waals surface area contributed by atoms with Crippen molar-refractivity contribution in [2.24, 2.45) is 0 Å². The van der Waals surface area contributed by atoms with E-state index >= 15 is 0 Å². The normalized spacial score (nSPS) is 11.3. The molecule has 0 saturated heterocycles. The molecular weight excluding hydrogens is 296 g/mol. The van der Waals surface area contributed by atoms with Gasteiger partial charge < -0.3 is 4.90 Å². The number of fused-ring (bicyclic) bond motifs is 1. The maximum atomic E-state index is 13.0. The second-order valence-corrected chi connectivity index (χ2v) is 6.30. The third-order valence-corrected chi connectivity index (χ3v) is 4.28. The highest BCUT2D eigenvalue weighted by Gasteiger charge is 2.25. The van der Waals surface area contributed by atoms with Gasteiger partial charge in [0, 0.05) is 12.6 Å². The SMILES string of the molecule is Cc1nc2scnn2c1C(=O)N(Cc1ccccc1)C(C)C. The summed E-state index contributed by atoms with van der Waals surface area (Å²) in [5.41, 5.74) is 4.10. The first-order valence-corrected chi connectivity index (χ1v) is 8.09. The van der Waals surface area contributed by atoms with E-state index in [2.05, 4.69) is 10.1 Å². The minimum atomic E-state index is -0.0326. The van der Waals surface area contributed by atoms with Crippen molar-refractivity contribution in [3.8, 4) is 0 Å². The third kappa shape index (κ3) is 2.62. The molecule has 1 aromatic carbocycles. The van der Waals surface area contributed by atoms with Crippen LogP contribution < -0.4 is 0 Å². The molecule has 5 nitrogen and oxygen atoms in total. The van der Waals surface area contributed by atoms with Crippen molar-refractivity contribution in [2.45, 2.75) is 33.4 Å². The van der Waals surface area contributed by atoms with E-state index in [1.54, 1.807) is 10.0 Å². The molecule has 1 amide bonds. The fraction of sp³-hybridized carbons (Fsp3) is 0.312. The molecule has 0 fully saturated rings. The van der Waals surface area contributed by atoms with E-state index in [0.29, 0.717) is 12.2 Å². The van der Waals surface area contributed by atoms with Crippen LogP contribution in [-0.4, -0.2) is 31.4 Å². The summed E-state index contributed by atoms with van der Waals surface area (Å²) in [4.78, 5) is 20.0. The number of carbonyl (C=O) groups is 1. The molecular formula is C16H18N4OS. The van der Waals surface area contributed by atoms with Crippen LogP contribution in [0.15, 0.2) is 35.8 Å². The van der Waals surface area contributed by atoms with Crippen LogP contribution in [0.25, 0.3) is 4.96 Å². The predicted molar refractivity (Wildman–Crippen MR) is 87.1 cm³/mol. The van der Waals surface area contributed by atoms with Crippen LogP contribution in [0.1, 0.15) is 35.6 Å². The Bertz CT molecular complexity index is 791. The Balaban J connectivity index is 1.96. The predicted octanol–water partition coefficient (Wildman–Crippen LogP) is 3.15. The lowest BCUT2D eigenvalue weighted by atomic mass is 10.1. The van der Waals surface area contributed by atoms with Gasteiger partial charge in [-0.1, -0.05) is 41.7 Å². The summed E-state index contributed by atoms with van der Waals surface area (Å²) < 4.78 is 1.64. The molecule has 2 aromatic heterocycles. The van der Waals surface area contributed by atoms with Gasteiger partial charge in [0.15, 0.2) is 5.69 Å². The molecule has 0 N–H and O–H groups in total. The second kappa shape index (κ2) is 5.88. The highest BCUT2D eigenvalue weighted by atomic mass is 32.1. The van der Waals surface area contributed by atoms with Gasteiger partial charge in [0.25, 0.3) is 5.91 Å². The van der Waals surface area contributed by atoms with E-state index in [4.69, 9.17) is 0 Å². The molecule has 22 heavy (non-hydrogen) atoms. The largest absolute Gasteiger partial charge is 0.330 e. The molecule has 0 bridgehead atoms. The minimum Gasteiger partial charge on any atom is -0.330 e. The van der Waals surface area contributed by atoms with Crippen LogP contribution in [0.5, 0.6) is 0 Å². The third-order valence-electron chi connectivity index (χ3n) is 3.60. The summed E-state index contributed by atoms with van der Waals surface area (Å²) in [6, 6.07) is 10.1. The zero-order valence-corrected chi connectivity index (χ0v) is 13.7. The lowest BCUT2D eigenvalue weighted by molar-refractivity contribution is 0.0681. The number of amides is 1. The molecule has 0 aliphatic heterocycles. The van der Waals surface area contributed by atoms with Crippen molar-refractivity contribution >= 4 is 22.2 Å². The monoisotopic (exact) mass is 314 g/mol. The number of carbonyl (C=O) groups excluding carboxylic acids is 1. The number of nitrogens with zero attached hydrogens (tertiary/aromatic N) is 4. The average Bonchev–Trinajstić information content (AvgIpc) is 3.04. The fourth-order valence-electron chi connectivity index (χ4n) is 2.44. The molecule has 2 heterocycles. The molecule has 6 heteroatoms. The highest BCUT2D eigenvalue weighted by Crippen LogP contribution is 2.19. The van der Waals surface area contributed by atoms with Gasteiger partial charge in [0.1, 0.15) is 5.51 Å². The lowest BCUT2D eigenvalue weighted by Crippen LogP contribution is -2.37. The summed E-state index contributed by atoms with van der Waals surface area (Å²) in [6.07, 6.45) is 0. The van der Waals surface area contributed by atoms with Gasteiger partial charge in [-0.05, 0) is 26.3 Å². The summed E-state index contributed by atoms with van der Waals surface area (Å²) in [7, 11) is 0. The van der Waals surface area contributed by atoms with Crippen LogP contribution in [0.2, 0.25) is 0 Å². The van der Waals surface area contributed by atoms with E-state index in [-0.39, 0.29) is 11.9 Å². The smallest absolute Gasteiger partial charge is 0.275 e. The van der Waals surface area contributed by atoms with Gasteiger partial charge in [0.05, 0.1) is 5.69 Å². The van der Waals surface area contributed by atoms with Crippen molar-refractivity contribution in [1.82, 2.24) is 19.5 Å². The number of hydrogen-bond acceptors (Lipinski definition) is 4. The Labute approximate surface area is 133 Å². The zero-order valence-electron chi connectivity index (χ0n) is 12.9. The molecule has 0 spiro atoms. The number of imidazole rings is 1. The maximum Gasteiger partial charge on any atom is 0.275 e. The number of hydrogen-bond donors (Lipinski definition) is 0. The van der Waals surface area contributed by atoms with Crippen molar-refractivity contribution < 1.29 is 4.79 Å². The number of aromatic nitrogens is 3. The molecule has 0 saturated carbocycles. The van der Waals surface area contributed by atoms with Crippen LogP contribution in [0.4, 0.5) is 0 Å². The van der Waals surface area contributed by atoms with E-state index < -0.39 is 0 Å². The lowest BCUT2D eigenvalue weighted by Gasteiger charge is -2.26. The summed E-state index contributed by atoms with van der Waals surface area (Å²) >= 11 is 1.43. The molecule has 0 aliphatic rings.